The number of alkyl halides is 3. The highest BCUT2D eigenvalue weighted by atomic mass is 35.5. The molecule has 1 aromatic carbocycles. The molecule has 3 aromatic heterocycles. The van der Waals surface area contributed by atoms with E-state index in [-0.39, 0.29) is 11.6 Å². The maximum absolute atomic E-state index is 13.1. The summed E-state index contributed by atoms with van der Waals surface area (Å²) in [6.07, 6.45) is -1.78. The fourth-order valence-corrected chi connectivity index (χ4v) is 7.54. The van der Waals surface area contributed by atoms with Crippen molar-refractivity contribution in [3.05, 3.63) is 63.9 Å². The normalized spacial score (nSPS) is 21.3. The van der Waals surface area contributed by atoms with Crippen LogP contribution in [0, 0.1) is 16.7 Å². The minimum Gasteiger partial charge on any atom is -0.373 e. The number of aromatic nitrogens is 2. The van der Waals surface area contributed by atoms with Crippen molar-refractivity contribution in [3.8, 4) is 17.2 Å². The van der Waals surface area contributed by atoms with Gasteiger partial charge in [-0.3, -0.25) is 4.98 Å². The highest BCUT2D eigenvalue weighted by Crippen LogP contribution is 2.41. The number of halogens is 5. The van der Waals surface area contributed by atoms with E-state index in [0.717, 1.165) is 63.8 Å². The van der Waals surface area contributed by atoms with E-state index in [1.165, 1.54) is 11.3 Å². The van der Waals surface area contributed by atoms with Crippen molar-refractivity contribution >= 4 is 55.7 Å². The highest BCUT2D eigenvalue weighted by Gasteiger charge is 2.40. The molecule has 2 unspecified atom stereocenters. The summed E-state index contributed by atoms with van der Waals surface area (Å²) in [5.74, 6) is 0. The number of nitrogens with zero attached hydrogens (tertiary/aromatic N) is 5. The Labute approximate surface area is 259 Å². The molecular formula is C29H27Cl2F3N6O2S. The van der Waals surface area contributed by atoms with Crippen molar-refractivity contribution in [3.63, 3.8) is 0 Å². The number of hydrogen-bond donors (Lipinski definition) is 3. The van der Waals surface area contributed by atoms with Crippen LogP contribution in [0.4, 0.5) is 13.2 Å². The van der Waals surface area contributed by atoms with Crippen molar-refractivity contribution < 1.29 is 23.4 Å². The number of thiophene rings is 1. The lowest BCUT2D eigenvalue weighted by Gasteiger charge is -2.41. The second kappa shape index (κ2) is 11.6. The van der Waals surface area contributed by atoms with E-state index in [1.807, 2.05) is 30.5 Å². The molecule has 1 saturated heterocycles. The van der Waals surface area contributed by atoms with Crippen LogP contribution < -0.4 is 5.32 Å². The lowest BCUT2D eigenvalue weighted by molar-refractivity contribution is -0.206. The van der Waals surface area contributed by atoms with E-state index in [0.29, 0.717) is 26.9 Å². The molecule has 4 aromatic rings. The topological polar surface area (TPSA) is 101 Å². The standard InChI is InChI=1S/C29H27Cl2F3N6O2S/c30-18-9-17-2-8-38(15-28(14-35)3-6-36-7-4-28)24(17)21(10-18)20-1-5-37-23-11-19(43-25(20)23)12-40-26(41)22(31)13-39(27(40)42)16-29(32,33)34/h1-2,5,8-11,13,26-27,36,41-42H,3-4,6-7,12,15-16H2. The van der Waals surface area contributed by atoms with Crippen LogP contribution in [0.2, 0.25) is 5.02 Å². The van der Waals surface area contributed by atoms with Gasteiger partial charge in [-0.15, -0.1) is 11.3 Å². The van der Waals surface area contributed by atoms with E-state index in [9.17, 15) is 28.6 Å². The minimum absolute atomic E-state index is 0.0821. The molecule has 6 rings (SSSR count). The van der Waals surface area contributed by atoms with Gasteiger partial charge in [-0.25, -0.2) is 4.90 Å². The highest BCUT2D eigenvalue weighted by molar-refractivity contribution is 7.19. The predicted molar refractivity (Wildman–Crippen MR) is 160 cm³/mol. The summed E-state index contributed by atoms with van der Waals surface area (Å²) in [6.45, 7) is 0.579. The van der Waals surface area contributed by atoms with Crippen molar-refractivity contribution in [1.29, 1.82) is 5.26 Å². The van der Waals surface area contributed by atoms with E-state index < -0.39 is 30.7 Å². The molecule has 2 atom stereocenters. The summed E-state index contributed by atoms with van der Waals surface area (Å²) in [4.78, 5) is 6.88. The van der Waals surface area contributed by atoms with E-state index >= 15 is 0 Å². The van der Waals surface area contributed by atoms with Crippen LogP contribution in [0.25, 0.3) is 32.2 Å². The van der Waals surface area contributed by atoms with E-state index in [4.69, 9.17) is 23.2 Å². The molecule has 0 aliphatic carbocycles. The number of aliphatic hydroxyl groups is 2. The summed E-state index contributed by atoms with van der Waals surface area (Å²) < 4.78 is 42.3. The average molecular weight is 652 g/mol. The number of piperidine rings is 1. The SMILES string of the molecule is N#CC1(Cn2ccc3cc(Cl)cc(-c4ccnc5cc(CN6C(O)C(Cl)=CN(CC(F)(F)F)C6O)sc45)c32)CCNCC1. The van der Waals surface area contributed by atoms with E-state index in [2.05, 4.69) is 20.9 Å². The van der Waals surface area contributed by atoms with Crippen LogP contribution in [0.1, 0.15) is 17.7 Å². The third-order valence-corrected chi connectivity index (χ3v) is 9.65. The first-order valence-corrected chi connectivity index (χ1v) is 15.1. The molecule has 2 aliphatic heterocycles. The van der Waals surface area contributed by atoms with Crippen molar-refractivity contribution in [2.45, 2.75) is 44.7 Å². The maximum Gasteiger partial charge on any atom is 0.406 e. The summed E-state index contributed by atoms with van der Waals surface area (Å²) in [5.41, 5.74) is 2.79. The van der Waals surface area contributed by atoms with Crippen LogP contribution >= 0.6 is 34.5 Å². The largest absolute Gasteiger partial charge is 0.406 e. The van der Waals surface area contributed by atoms with Gasteiger partial charge in [0, 0.05) is 58.1 Å². The average Bonchev–Trinajstić information content (AvgIpc) is 3.56. The zero-order valence-electron chi connectivity index (χ0n) is 22.7. The van der Waals surface area contributed by atoms with Gasteiger partial charge in [-0.05, 0) is 56.3 Å². The lowest BCUT2D eigenvalue weighted by atomic mass is 9.80. The summed E-state index contributed by atoms with van der Waals surface area (Å²) in [6, 6.07) is 12.0. The molecule has 5 heterocycles. The second-order valence-electron chi connectivity index (χ2n) is 11.0. The molecule has 0 saturated carbocycles. The van der Waals surface area contributed by atoms with Gasteiger partial charge >= 0.3 is 6.18 Å². The molecule has 0 amide bonds. The molecule has 0 spiro atoms. The fraction of sp³-hybridized carbons (Fsp3) is 0.379. The molecule has 3 N–H and O–H groups in total. The number of fused-ring (bicyclic) bond motifs is 2. The molecule has 1 fully saturated rings. The molecule has 0 bridgehead atoms. The van der Waals surface area contributed by atoms with Gasteiger partial charge in [0.2, 0.25) is 0 Å². The number of rotatable bonds is 6. The van der Waals surface area contributed by atoms with Crippen LogP contribution in [0.3, 0.4) is 0 Å². The first kappa shape index (κ1) is 30.1. The van der Waals surface area contributed by atoms with Gasteiger partial charge in [-0.1, -0.05) is 23.2 Å². The predicted octanol–water partition coefficient (Wildman–Crippen LogP) is 5.82. The molecule has 0 radical (unpaired) electrons. The van der Waals surface area contributed by atoms with Crippen LogP contribution in [0.5, 0.6) is 0 Å². The lowest BCUT2D eigenvalue weighted by Crippen LogP contribution is -2.55. The number of nitriles is 1. The smallest absolute Gasteiger partial charge is 0.373 e. The van der Waals surface area contributed by atoms with Crippen LogP contribution in [-0.4, -0.2) is 68.0 Å². The van der Waals surface area contributed by atoms with Gasteiger partial charge in [0.1, 0.15) is 12.8 Å². The third kappa shape index (κ3) is 5.95. The molecular weight excluding hydrogens is 624 g/mol. The molecule has 2 aliphatic rings. The number of aliphatic hydroxyl groups excluding tert-OH is 2. The Morgan fingerprint density at radius 3 is 2.63 bits per heavy atom. The summed E-state index contributed by atoms with van der Waals surface area (Å²) in [7, 11) is 0. The second-order valence-corrected chi connectivity index (χ2v) is 13.0. The number of nitrogens with one attached hydrogen (secondary N) is 1. The Hall–Kier alpha value is -2.89. The van der Waals surface area contributed by atoms with Gasteiger partial charge in [0.05, 0.1) is 32.2 Å². The zero-order chi connectivity index (χ0) is 30.5. The van der Waals surface area contributed by atoms with Gasteiger partial charge in [0.25, 0.3) is 0 Å². The molecule has 14 heteroatoms. The Morgan fingerprint density at radius 2 is 1.91 bits per heavy atom. The zero-order valence-corrected chi connectivity index (χ0v) is 25.0. The third-order valence-electron chi connectivity index (χ3n) is 7.99. The van der Waals surface area contributed by atoms with Gasteiger partial charge in [-0.2, -0.15) is 18.4 Å². The molecule has 8 nitrogen and oxygen atoms in total. The summed E-state index contributed by atoms with van der Waals surface area (Å²) in [5, 5.41) is 36.0. The first-order chi connectivity index (χ1) is 20.5. The Bertz CT molecular complexity index is 1740. The van der Waals surface area contributed by atoms with Crippen LogP contribution in [0.15, 0.2) is 54.0 Å². The van der Waals surface area contributed by atoms with E-state index in [1.54, 1.807) is 12.3 Å². The molecule has 43 heavy (non-hydrogen) atoms. The molecule has 226 valence electrons. The number of hydrogen-bond acceptors (Lipinski definition) is 8. The van der Waals surface area contributed by atoms with Gasteiger partial charge in [0.15, 0.2) is 6.35 Å². The Balaban J connectivity index is 1.38. The van der Waals surface area contributed by atoms with Crippen molar-refractivity contribution in [1.82, 2.24) is 24.7 Å². The monoisotopic (exact) mass is 650 g/mol. The number of benzene rings is 1. The Morgan fingerprint density at radius 1 is 1.14 bits per heavy atom. The maximum atomic E-state index is 13.1. The Kier molecular flexibility index (Phi) is 8.10. The minimum atomic E-state index is -4.58. The first-order valence-electron chi connectivity index (χ1n) is 13.6. The fourth-order valence-electron chi connectivity index (χ4n) is 5.91. The van der Waals surface area contributed by atoms with Crippen molar-refractivity contribution in [2.24, 2.45) is 5.41 Å². The van der Waals surface area contributed by atoms with Gasteiger partial charge < -0.3 is 25.0 Å². The quantitative estimate of drug-likeness (QED) is 0.242. The number of pyridine rings is 1. The summed E-state index contributed by atoms with van der Waals surface area (Å²) >= 11 is 14.0. The van der Waals surface area contributed by atoms with Crippen molar-refractivity contribution in [2.75, 3.05) is 19.6 Å². The van der Waals surface area contributed by atoms with Crippen LogP contribution in [-0.2, 0) is 13.1 Å².